The van der Waals surface area contributed by atoms with Crippen LogP contribution < -0.4 is 0 Å². The molecule has 0 aromatic rings. The van der Waals surface area contributed by atoms with Gasteiger partial charge in [0.25, 0.3) is 0 Å². The highest BCUT2D eigenvalue weighted by molar-refractivity contribution is 9.09. The van der Waals surface area contributed by atoms with Gasteiger partial charge in [-0.05, 0) is 12.8 Å². The van der Waals surface area contributed by atoms with Crippen LogP contribution in [0.3, 0.4) is 0 Å². The van der Waals surface area contributed by atoms with Gasteiger partial charge in [-0.15, -0.1) is 0 Å². The summed E-state index contributed by atoms with van der Waals surface area (Å²) in [5, 5.41) is 0.659. The number of hydrogen-bond acceptors (Lipinski definition) is 0. The fourth-order valence-corrected chi connectivity index (χ4v) is 3.65. The minimum absolute atomic E-state index is 0.0291. The van der Waals surface area contributed by atoms with Gasteiger partial charge in [-0.25, -0.2) is 0 Å². The Hall–Kier alpha value is -0.990. The van der Waals surface area contributed by atoms with Crippen LogP contribution in [0.4, 0.5) is 92.2 Å². The van der Waals surface area contributed by atoms with Crippen molar-refractivity contribution in [1.82, 2.24) is 0 Å². The molecule has 22 heteroatoms. The van der Waals surface area contributed by atoms with E-state index in [0.29, 0.717) is 18.2 Å². The predicted octanol–water partition coefficient (Wildman–Crippen LogP) is 11.2. The topological polar surface area (TPSA) is 0 Å². The molecule has 0 aliphatic heterocycles. The Bertz CT molecular complexity index is 860. The van der Waals surface area contributed by atoms with Crippen molar-refractivity contribution in [3.8, 4) is 0 Å². The van der Waals surface area contributed by atoms with Gasteiger partial charge in [0.2, 0.25) is 0 Å². The Labute approximate surface area is 231 Å². The first-order valence-corrected chi connectivity index (χ1v) is 12.5. The molecule has 0 atom stereocenters. The molecule has 0 rings (SSSR count). The first-order valence-electron chi connectivity index (χ1n) is 11.3. The molecule has 0 bridgehead atoms. The quantitative estimate of drug-likeness (QED) is 0.0746. The maximum atomic E-state index is 13.9. The summed E-state index contributed by atoms with van der Waals surface area (Å²) in [4.78, 5) is 0. The molecule has 0 heterocycles. The van der Waals surface area contributed by atoms with Gasteiger partial charge < -0.3 is 0 Å². The molecule has 0 saturated heterocycles. The van der Waals surface area contributed by atoms with Crippen molar-refractivity contribution in [1.29, 1.82) is 0 Å². The van der Waals surface area contributed by atoms with Crippen LogP contribution in [0.1, 0.15) is 57.8 Å². The standard InChI is InChI=1S/C20H20BrF21/c21-10-8-6-4-2-1-3-5-7-9-11(22,23)12(24,25)13(26,27)14(28,29)15(30,31)16(32,33)17(34,35)18(36,37)19(38,39)20(40,41)42/h1-10H2. The number of halogens is 22. The molecule has 0 aliphatic carbocycles. The molecule has 0 nitrogen and oxygen atoms in total. The lowest BCUT2D eigenvalue weighted by Gasteiger charge is -2.44. The molecule has 0 amide bonds. The summed E-state index contributed by atoms with van der Waals surface area (Å²) in [6.45, 7) is 0. The smallest absolute Gasteiger partial charge is 0.200 e. The summed E-state index contributed by atoms with van der Waals surface area (Å²) in [7, 11) is 0. The van der Waals surface area contributed by atoms with Gasteiger partial charge in [0.15, 0.2) is 0 Å². The molecular formula is C20H20BrF21. The molecule has 0 unspecified atom stereocenters. The lowest BCUT2D eigenvalue weighted by Crippen LogP contribution is -2.76. The molecular weight excluding hydrogens is 719 g/mol. The van der Waals surface area contributed by atoms with Gasteiger partial charge in [-0.3, -0.25) is 0 Å². The monoisotopic (exact) mass is 738 g/mol. The van der Waals surface area contributed by atoms with Crippen LogP contribution in [0, 0.1) is 0 Å². The van der Waals surface area contributed by atoms with Crippen LogP contribution in [0.5, 0.6) is 0 Å². The Balaban J connectivity index is 6.21. The summed E-state index contributed by atoms with van der Waals surface area (Å²) in [6, 6.07) is 0. The van der Waals surface area contributed by atoms with Crippen molar-refractivity contribution < 1.29 is 92.2 Å². The Morgan fingerprint density at radius 2 is 0.524 bits per heavy atom. The van der Waals surface area contributed by atoms with Crippen molar-refractivity contribution in [3.63, 3.8) is 0 Å². The average Bonchev–Trinajstić information content (AvgIpc) is 2.81. The molecule has 0 radical (unpaired) electrons. The van der Waals surface area contributed by atoms with Gasteiger partial charge in [-0.2, -0.15) is 92.2 Å². The van der Waals surface area contributed by atoms with Gasteiger partial charge in [0, 0.05) is 11.8 Å². The van der Waals surface area contributed by atoms with E-state index in [1.165, 1.54) is 0 Å². The summed E-state index contributed by atoms with van der Waals surface area (Å²) >= 11 is 3.12. The van der Waals surface area contributed by atoms with E-state index in [0.717, 1.165) is 12.8 Å². The second kappa shape index (κ2) is 12.8. The van der Waals surface area contributed by atoms with Crippen molar-refractivity contribution in [2.24, 2.45) is 0 Å². The summed E-state index contributed by atoms with van der Waals surface area (Å²) in [5.74, 6) is -76.3. The molecule has 0 aliphatic rings. The van der Waals surface area contributed by atoms with Crippen LogP contribution in [0.25, 0.3) is 0 Å². The van der Waals surface area contributed by atoms with Crippen molar-refractivity contribution in [2.45, 2.75) is 117 Å². The largest absolute Gasteiger partial charge is 0.460 e. The van der Waals surface area contributed by atoms with Gasteiger partial charge in [0.05, 0.1) is 0 Å². The van der Waals surface area contributed by atoms with Crippen molar-refractivity contribution in [3.05, 3.63) is 0 Å². The molecule has 0 N–H and O–H groups in total. The van der Waals surface area contributed by atoms with Gasteiger partial charge >= 0.3 is 59.5 Å². The average molecular weight is 739 g/mol. The minimum atomic E-state index is -9.13. The maximum absolute atomic E-state index is 13.9. The summed E-state index contributed by atoms with van der Waals surface area (Å²) in [6.07, 6.45) is -9.36. The van der Waals surface area contributed by atoms with E-state index >= 15 is 0 Å². The molecule has 0 spiro atoms. The molecule has 254 valence electrons. The second-order valence-electron chi connectivity index (χ2n) is 9.06. The third-order valence-corrected chi connectivity index (χ3v) is 6.51. The normalized spacial score (nSPS) is 15.9. The van der Waals surface area contributed by atoms with Crippen LogP contribution >= 0.6 is 15.9 Å². The molecule has 0 aromatic heterocycles. The van der Waals surface area contributed by atoms with E-state index in [1.54, 1.807) is 0 Å². The zero-order valence-corrected chi connectivity index (χ0v) is 22.0. The lowest BCUT2D eigenvalue weighted by molar-refractivity contribution is -0.474. The van der Waals surface area contributed by atoms with Crippen LogP contribution in [0.15, 0.2) is 0 Å². The van der Waals surface area contributed by atoms with E-state index in [4.69, 9.17) is 0 Å². The van der Waals surface area contributed by atoms with Crippen molar-refractivity contribution in [2.75, 3.05) is 5.33 Å². The highest BCUT2D eigenvalue weighted by Crippen LogP contribution is 2.66. The van der Waals surface area contributed by atoms with Crippen LogP contribution in [0.2, 0.25) is 0 Å². The first-order chi connectivity index (χ1) is 18.3. The Morgan fingerprint density at radius 3 is 0.810 bits per heavy atom. The Kier molecular flexibility index (Phi) is 12.5. The lowest BCUT2D eigenvalue weighted by atomic mass is 9.85. The zero-order chi connectivity index (χ0) is 34.1. The molecule has 42 heavy (non-hydrogen) atoms. The van der Waals surface area contributed by atoms with E-state index in [2.05, 4.69) is 15.9 Å². The van der Waals surface area contributed by atoms with Crippen LogP contribution in [-0.2, 0) is 0 Å². The Morgan fingerprint density at radius 1 is 0.286 bits per heavy atom. The molecule has 0 fully saturated rings. The van der Waals surface area contributed by atoms with Crippen LogP contribution in [-0.4, -0.2) is 64.8 Å². The van der Waals surface area contributed by atoms with Gasteiger partial charge in [0.1, 0.15) is 0 Å². The zero-order valence-electron chi connectivity index (χ0n) is 20.4. The van der Waals surface area contributed by atoms with E-state index in [-0.39, 0.29) is 12.8 Å². The third kappa shape index (κ3) is 6.66. The second-order valence-corrected chi connectivity index (χ2v) is 9.86. The highest BCUT2D eigenvalue weighted by atomic mass is 79.9. The predicted molar refractivity (Wildman–Crippen MR) is 106 cm³/mol. The van der Waals surface area contributed by atoms with E-state index in [9.17, 15) is 92.2 Å². The first kappa shape index (κ1) is 41.0. The number of hydrogen-bond donors (Lipinski definition) is 0. The maximum Gasteiger partial charge on any atom is 0.460 e. The third-order valence-electron chi connectivity index (χ3n) is 5.95. The fourth-order valence-electron chi connectivity index (χ4n) is 3.25. The minimum Gasteiger partial charge on any atom is -0.200 e. The molecule has 0 saturated carbocycles. The van der Waals surface area contributed by atoms with Crippen molar-refractivity contribution >= 4 is 15.9 Å². The fraction of sp³-hybridized carbons (Fsp3) is 1.00. The summed E-state index contributed by atoms with van der Waals surface area (Å²) in [5.41, 5.74) is 0. The van der Waals surface area contributed by atoms with E-state index in [1.807, 2.05) is 0 Å². The van der Waals surface area contributed by atoms with Gasteiger partial charge in [-0.1, -0.05) is 54.5 Å². The number of unbranched alkanes of at least 4 members (excludes halogenated alkanes) is 7. The molecule has 0 aromatic carbocycles. The number of rotatable bonds is 18. The summed E-state index contributed by atoms with van der Waals surface area (Å²) < 4.78 is 280. The number of alkyl halides is 22. The van der Waals surface area contributed by atoms with E-state index < -0.39 is 78.7 Å². The SMILES string of the molecule is FC(F)(F)C(F)(F)C(F)(F)C(F)(F)C(F)(F)C(F)(F)C(F)(F)C(F)(F)C(F)(F)C(F)(F)CCCCCCCCCCBr. The highest BCUT2D eigenvalue weighted by Gasteiger charge is 2.97.